The molecule has 1 aromatic rings. The van der Waals surface area contributed by atoms with E-state index in [-0.39, 0.29) is 23.0 Å². The first-order valence-corrected chi connectivity index (χ1v) is 6.59. The second-order valence-electron chi connectivity index (χ2n) is 5.09. The van der Waals surface area contributed by atoms with Gasteiger partial charge in [-0.2, -0.15) is 0 Å². The molecule has 1 saturated carbocycles. The molecule has 0 spiro atoms. The van der Waals surface area contributed by atoms with Crippen molar-refractivity contribution in [3.63, 3.8) is 0 Å². The van der Waals surface area contributed by atoms with Crippen LogP contribution in [0.25, 0.3) is 0 Å². The van der Waals surface area contributed by atoms with E-state index < -0.39 is 11.9 Å². The molecule has 0 heterocycles. The minimum absolute atomic E-state index is 0.00615. The molecule has 6 heteroatoms. The van der Waals surface area contributed by atoms with Gasteiger partial charge >= 0.3 is 11.9 Å². The Kier molecular flexibility index (Phi) is 4.26. The van der Waals surface area contributed by atoms with Crippen LogP contribution < -0.4 is 5.32 Å². The molecule has 1 N–H and O–H groups in total. The number of rotatable bonds is 4. The van der Waals surface area contributed by atoms with Crippen LogP contribution in [0.3, 0.4) is 0 Å². The maximum Gasteiger partial charge on any atom is 0.337 e. The van der Waals surface area contributed by atoms with E-state index in [2.05, 4.69) is 14.8 Å². The van der Waals surface area contributed by atoms with Gasteiger partial charge in [0.05, 0.1) is 25.3 Å². The predicted molar refractivity (Wildman–Crippen MR) is 75.0 cm³/mol. The number of methoxy groups -OCH3 is 2. The molecular weight excluding hydrogens is 274 g/mol. The van der Waals surface area contributed by atoms with Gasteiger partial charge in [-0.15, -0.1) is 0 Å². The van der Waals surface area contributed by atoms with Crippen LogP contribution in [-0.2, 0) is 14.3 Å². The average molecular weight is 291 g/mol. The second kappa shape index (κ2) is 5.95. The zero-order valence-electron chi connectivity index (χ0n) is 12.1. The van der Waals surface area contributed by atoms with Crippen molar-refractivity contribution in [3.8, 4) is 0 Å². The molecule has 0 radical (unpaired) electrons. The van der Waals surface area contributed by atoms with Crippen molar-refractivity contribution in [2.24, 2.45) is 11.8 Å². The molecule has 6 nitrogen and oxygen atoms in total. The van der Waals surface area contributed by atoms with Gasteiger partial charge in [0, 0.05) is 11.6 Å². The van der Waals surface area contributed by atoms with Crippen molar-refractivity contribution in [2.75, 3.05) is 19.5 Å². The molecule has 0 saturated heterocycles. The van der Waals surface area contributed by atoms with Gasteiger partial charge in [0.25, 0.3) is 0 Å². The van der Waals surface area contributed by atoms with E-state index >= 15 is 0 Å². The average Bonchev–Trinajstić information content (AvgIpc) is 3.22. The number of hydrogen-bond acceptors (Lipinski definition) is 5. The quantitative estimate of drug-likeness (QED) is 0.856. The van der Waals surface area contributed by atoms with Crippen molar-refractivity contribution in [1.82, 2.24) is 0 Å². The van der Waals surface area contributed by atoms with Crippen LogP contribution in [0.5, 0.6) is 0 Å². The molecule has 1 aliphatic carbocycles. The summed E-state index contributed by atoms with van der Waals surface area (Å²) in [6, 6.07) is 4.32. The van der Waals surface area contributed by atoms with Crippen molar-refractivity contribution in [2.45, 2.75) is 13.3 Å². The summed E-state index contributed by atoms with van der Waals surface area (Å²) in [6.45, 7) is 2.00. The molecule has 0 unspecified atom stereocenters. The zero-order valence-corrected chi connectivity index (χ0v) is 12.1. The van der Waals surface area contributed by atoms with Crippen LogP contribution in [-0.4, -0.2) is 32.1 Å². The van der Waals surface area contributed by atoms with Gasteiger partial charge in [0.2, 0.25) is 5.91 Å². The van der Waals surface area contributed by atoms with E-state index in [4.69, 9.17) is 0 Å². The van der Waals surface area contributed by atoms with Gasteiger partial charge in [0.15, 0.2) is 0 Å². The summed E-state index contributed by atoms with van der Waals surface area (Å²) in [5.41, 5.74) is 0.737. The molecule has 2 atom stereocenters. The van der Waals surface area contributed by atoms with Crippen LogP contribution in [0.4, 0.5) is 5.69 Å². The molecule has 1 aromatic carbocycles. The fraction of sp³-hybridized carbons (Fsp3) is 0.400. The van der Waals surface area contributed by atoms with Gasteiger partial charge in [-0.3, -0.25) is 4.79 Å². The van der Waals surface area contributed by atoms with E-state index in [1.807, 2.05) is 6.92 Å². The maximum atomic E-state index is 11.9. The third-order valence-corrected chi connectivity index (χ3v) is 3.49. The second-order valence-corrected chi connectivity index (χ2v) is 5.09. The van der Waals surface area contributed by atoms with E-state index in [0.717, 1.165) is 6.42 Å². The van der Waals surface area contributed by atoms with E-state index in [0.29, 0.717) is 11.6 Å². The Morgan fingerprint density at radius 3 is 1.90 bits per heavy atom. The summed E-state index contributed by atoms with van der Waals surface area (Å²) < 4.78 is 9.28. The number of carbonyl (C=O) groups excluding carboxylic acids is 3. The topological polar surface area (TPSA) is 81.7 Å². The first-order chi connectivity index (χ1) is 9.96. The monoisotopic (exact) mass is 291 g/mol. The molecule has 21 heavy (non-hydrogen) atoms. The zero-order chi connectivity index (χ0) is 15.6. The number of carbonyl (C=O) groups is 3. The SMILES string of the molecule is COC(=O)c1cc(NC(=O)[C@H]2C[C@@H]2C)cc(C(=O)OC)c1. The van der Waals surface area contributed by atoms with E-state index in [1.54, 1.807) is 0 Å². The molecule has 0 bridgehead atoms. The third kappa shape index (κ3) is 3.39. The van der Waals surface area contributed by atoms with E-state index in [9.17, 15) is 14.4 Å². The van der Waals surface area contributed by atoms with Crippen molar-refractivity contribution in [3.05, 3.63) is 29.3 Å². The number of amides is 1. The number of benzene rings is 1. The van der Waals surface area contributed by atoms with Gasteiger partial charge in [-0.05, 0) is 30.5 Å². The molecule has 1 aliphatic rings. The Bertz CT molecular complexity index is 561. The summed E-state index contributed by atoms with van der Waals surface area (Å²) in [5, 5.41) is 2.72. The third-order valence-electron chi connectivity index (χ3n) is 3.49. The molecule has 1 amide bonds. The van der Waals surface area contributed by atoms with Crippen LogP contribution in [0.1, 0.15) is 34.1 Å². The van der Waals surface area contributed by atoms with Crippen LogP contribution >= 0.6 is 0 Å². The fourth-order valence-corrected chi connectivity index (χ4v) is 2.09. The van der Waals surface area contributed by atoms with Crippen molar-refractivity contribution < 1.29 is 23.9 Å². The molecular formula is C15H17NO5. The minimum atomic E-state index is -0.587. The highest BCUT2D eigenvalue weighted by atomic mass is 16.5. The summed E-state index contributed by atoms with van der Waals surface area (Å²) >= 11 is 0. The lowest BCUT2D eigenvalue weighted by Gasteiger charge is -2.09. The maximum absolute atomic E-state index is 11.9. The lowest BCUT2D eigenvalue weighted by Crippen LogP contribution is -2.16. The van der Waals surface area contributed by atoms with Gasteiger partial charge < -0.3 is 14.8 Å². The summed E-state index contributed by atoms with van der Waals surface area (Å²) in [7, 11) is 2.49. The number of nitrogens with one attached hydrogen (secondary N) is 1. The molecule has 1 fully saturated rings. The smallest absolute Gasteiger partial charge is 0.337 e. The Labute approximate surface area is 122 Å². The fourth-order valence-electron chi connectivity index (χ4n) is 2.09. The number of anilines is 1. The lowest BCUT2D eigenvalue weighted by molar-refractivity contribution is -0.117. The molecule has 2 rings (SSSR count). The number of esters is 2. The molecule has 112 valence electrons. The number of hydrogen-bond donors (Lipinski definition) is 1. The summed E-state index contributed by atoms with van der Waals surface area (Å²) in [4.78, 5) is 35.2. The Balaban J connectivity index is 2.28. The van der Waals surface area contributed by atoms with Gasteiger partial charge in [0.1, 0.15) is 0 Å². The predicted octanol–water partition coefficient (Wildman–Crippen LogP) is 1.85. The highest BCUT2D eigenvalue weighted by Crippen LogP contribution is 2.38. The molecule has 0 aromatic heterocycles. The highest BCUT2D eigenvalue weighted by molar-refractivity contribution is 6.00. The van der Waals surface area contributed by atoms with Crippen molar-refractivity contribution >= 4 is 23.5 Å². The lowest BCUT2D eigenvalue weighted by atomic mass is 10.1. The largest absolute Gasteiger partial charge is 0.465 e. The van der Waals surface area contributed by atoms with Crippen molar-refractivity contribution in [1.29, 1.82) is 0 Å². The standard InChI is InChI=1S/C15H17NO5/c1-8-4-12(8)13(17)16-11-6-9(14(18)20-2)5-10(7-11)15(19)21-3/h5-8,12H,4H2,1-3H3,(H,16,17)/t8-,12-/m0/s1. The Hall–Kier alpha value is -2.37. The normalized spacial score (nSPS) is 19.6. The summed E-state index contributed by atoms with van der Waals surface area (Å²) in [5.74, 6) is -0.922. The van der Waals surface area contributed by atoms with E-state index in [1.165, 1.54) is 32.4 Å². The first kappa shape index (κ1) is 15.0. The number of ether oxygens (including phenoxy) is 2. The Morgan fingerprint density at radius 2 is 1.52 bits per heavy atom. The first-order valence-electron chi connectivity index (χ1n) is 6.59. The van der Waals surface area contributed by atoms with Crippen LogP contribution in [0.15, 0.2) is 18.2 Å². The van der Waals surface area contributed by atoms with Crippen LogP contribution in [0, 0.1) is 11.8 Å². The van der Waals surface area contributed by atoms with Gasteiger partial charge in [-0.25, -0.2) is 9.59 Å². The minimum Gasteiger partial charge on any atom is -0.465 e. The van der Waals surface area contributed by atoms with Crippen LogP contribution in [0.2, 0.25) is 0 Å². The van der Waals surface area contributed by atoms with Gasteiger partial charge in [-0.1, -0.05) is 6.92 Å². The highest BCUT2D eigenvalue weighted by Gasteiger charge is 2.39. The molecule has 0 aliphatic heterocycles. The summed E-state index contributed by atoms with van der Waals surface area (Å²) in [6.07, 6.45) is 0.854. The Morgan fingerprint density at radius 1 is 1.05 bits per heavy atom.